The maximum atomic E-state index is 12.0. The molecule has 1 aliphatic heterocycles. The number of anilines is 1. The summed E-state index contributed by atoms with van der Waals surface area (Å²) in [4.78, 5) is 14.0. The Balaban J connectivity index is 0.00000162. The normalized spacial score (nSPS) is 18.5. The molecule has 1 saturated heterocycles. The Morgan fingerprint density at radius 1 is 1.44 bits per heavy atom. The largest absolute Gasteiger partial charge is 0.399 e. The fraction of sp³-hybridized carbons (Fsp3) is 0.462. The average molecular weight is 270 g/mol. The van der Waals surface area contributed by atoms with Crippen LogP contribution in [-0.2, 0) is 11.2 Å². The minimum Gasteiger partial charge on any atom is -0.399 e. The second-order valence-electron chi connectivity index (χ2n) is 4.53. The van der Waals surface area contributed by atoms with E-state index in [9.17, 15) is 4.79 Å². The first-order valence-corrected chi connectivity index (χ1v) is 5.98. The topological polar surface area (TPSA) is 58.4 Å². The SMILES string of the molecule is CNC1CCN(C(=O)Cc2ccc(N)cc2)C1.Cl. The summed E-state index contributed by atoms with van der Waals surface area (Å²) in [6, 6.07) is 7.95. The smallest absolute Gasteiger partial charge is 0.227 e. The number of likely N-dealkylation sites (tertiary alicyclic amines) is 1. The lowest BCUT2D eigenvalue weighted by atomic mass is 10.1. The lowest BCUT2D eigenvalue weighted by molar-refractivity contribution is -0.129. The first-order valence-electron chi connectivity index (χ1n) is 5.98. The van der Waals surface area contributed by atoms with Crippen LogP contribution in [0.1, 0.15) is 12.0 Å². The molecule has 1 aliphatic rings. The van der Waals surface area contributed by atoms with Crippen LogP contribution >= 0.6 is 12.4 Å². The van der Waals surface area contributed by atoms with Crippen LogP contribution in [0.2, 0.25) is 0 Å². The Bertz CT molecular complexity index is 394. The van der Waals surface area contributed by atoms with Crippen LogP contribution < -0.4 is 11.1 Å². The number of hydrogen-bond acceptors (Lipinski definition) is 3. The number of halogens is 1. The summed E-state index contributed by atoms with van der Waals surface area (Å²) >= 11 is 0. The third-order valence-electron chi connectivity index (χ3n) is 3.28. The van der Waals surface area contributed by atoms with Gasteiger partial charge in [0, 0.05) is 24.8 Å². The number of hydrogen-bond donors (Lipinski definition) is 2. The zero-order valence-electron chi connectivity index (χ0n) is 10.6. The zero-order chi connectivity index (χ0) is 12.3. The Morgan fingerprint density at radius 2 is 2.11 bits per heavy atom. The first kappa shape index (κ1) is 14.8. The molecule has 0 aliphatic carbocycles. The van der Waals surface area contributed by atoms with Crippen molar-refractivity contribution in [3.8, 4) is 0 Å². The molecule has 1 aromatic rings. The van der Waals surface area contributed by atoms with Gasteiger partial charge in [-0.3, -0.25) is 4.79 Å². The van der Waals surface area contributed by atoms with E-state index in [2.05, 4.69) is 5.32 Å². The van der Waals surface area contributed by atoms with Crippen molar-refractivity contribution in [2.45, 2.75) is 18.9 Å². The summed E-state index contributed by atoms with van der Waals surface area (Å²) in [6.07, 6.45) is 1.51. The van der Waals surface area contributed by atoms with Gasteiger partial charge >= 0.3 is 0 Å². The number of nitrogens with one attached hydrogen (secondary N) is 1. The van der Waals surface area contributed by atoms with Gasteiger partial charge in [0.1, 0.15) is 0 Å². The number of amides is 1. The molecule has 4 nitrogen and oxygen atoms in total. The predicted octanol–water partition coefficient (Wildman–Crippen LogP) is 1.05. The van der Waals surface area contributed by atoms with E-state index in [-0.39, 0.29) is 18.3 Å². The van der Waals surface area contributed by atoms with Crippen LogP contribution in [0, 0.1) is 0 Å². The molecule has 18 heavy (non-hydrogen) atoms. The quantitative estimate of drug-likeness (QED) is 0.807. The summed E-state index contributed by atoms with van der Waals surface area (Å²) in [7, 11) is 1.94. The van der Waals surface area contributed by atoms with E-state index in [4.69, 9.17) is 5.73 Å². The van der Waals surface area contributed by atoms with Crippen LogP contribution in [-0.4, -0.2) is 37.0 Å². The average Bonchev–Trinajstić information content (AvgIpc) is 2.81. The molecule has 0 bridgehead atoms. The van der Waals surface area contributed by atoms with Crippen molar-refractivity contribution in [1.29, 1.82) is 0 Å². The molecular weight excluding hydrogens is 250 g/mol. The molecule has 1 heterocycles. The molecule has 0 radical (unpaired) electrons. The molecule has 0 saturated carbocycles. The summed E-state index contributed by atoms with van der Waals surface area (Å²) in [6.45, 7) is 1.68. The highest BCUT2D eigenvalue weighted by Gasteiger charge is 2.24. The number of carbonyl (C=O) groups is 1. The summed E-state index contributed by atoms with van der Waals surface area (Å²) in [5, 5.41) is 3.21. The van der Waals surface area contributed by atoms with Crippen LogP contribution in [0.25, 0.3) is 0 Å². The van der Waals surface area contributed by atoms with Crippen molar-refractivity contribution in [2.75, 3.05) is 25.9 Å². The third kappa shape index (κ3) is 3.62. The number of carbonyl (C=O) groups excluding carboxylic acids is 1. The van der Waals surface area contributed by atoms with Crippen LogP contribution in [0.5, 0.6) is 0 Å². The van der Waals surface area contributed by atoms with E-state index in [0.717, 1.165) is 30.8 Å². The second kappa shape index (κ2) is 6.61. The number of nitrogens with two attached hydrogens (primary N) is 1. The summed E-state index contributed by atoms with van der Waals surface area (Å²) in [5.41, 5.74) is 7.37. The van der Waals surface area contributed by atoms with E-state index in [1.807, 2.05) is 36.2 Å². The van der Waals surface area contributed by atoms with Crippen LogP contribution in [0.15, 0.2) is 24.3 Å². The van der Waals surface area contributed by atoms with Gasteiger partial charge in [-0.1, -0.05) is 12.1 Å². The van der Waals surface area contributed by atoms with E-state index in [1.54, 1.807) is 0 Å². The van der Waals surface area contributed by atoms with Gasteiger partial charge in [-0.2, -0.15) is 0 Å². The van der Waals surface area contributed by atoms with Gasteiger partial charge in [0.15, 0.2) is 0 Å². The van der Waals surface area contributed by atoms with Gasteiger partial charge in [-0.15, -0.1) is 12.4 Å². The lowest BCUT2D eigenvalue weighted by Gasteiger charge is -2.16. The molecule has 1 amide bonds. The van der Waals surface area contributed by atoms with Crippen LogP contribution in [0.4, 0.5) is 5.69 Å². The van der Waals surface area contributed by atoms with E-state index < -0.39 is 0 Å². The molecule has 100 valence electrons. The molecule has 1 aromatic carbocycles. The fourth-order valence-corrected chi connectivity index (χ4v) is 2.14. The van der Waals surface area contributed by atoms with Gasteiger partial charge in [-0.05, 0) is 31.2 Å². The maximum Gasteiger partial charge on any atom is 0.227 e. The summed E-state index contributed by atoms with van der Waals surface area (Å²) < 4.78 is 0. The van der Waals surface area contributed by atoms with Gasteiger partial charge in [-0.25, -0.2) is 0 Å². The van der Waals surface area contributed by atoms with Gasteiger partial charge in [0.25, 0.3) is 0 Å². The predicted molar refractivity (Wildman–Crippen MR) is 75.9 cm³/mol. The Labute approximate surface area is 114 Å². The fourth-order valence-electron chi connectivity index (χ4n) is 2.14. The third-order valence-corrected chi connectivity index (χ3v) is 3.28. The van der Waals surface area contributed by atoms with Crippen molar-refractivity contribution in [2.24, 2.45) is 0 Å². The maximum absolute atomic E-state index is 12.0. The zero-order valence-corrected chi connectivity index (χ0v) is 11.4. The van der Waals surface area contributed by atoms with E-state index in [1.165, 1.54) is 0 Å². The molecule has 1 atom stereocenters. The first-order chi connectivity index (χ1) is 8.19. The molecule has 0 spiro atoms. The molecule has 1 unspecified atom stereocenters. The highest BCUT2D eigenvalue weighted by molar-refractivity contribution is 5.85. The summed E-state index contributed by atoms with van der Waals surface area (Å²) in [5.74, 6) is 0.201. The second-order valence-corrected chi connectivity index (χ2v) is 4.53. The van der Waals surface area contributed by atoms with Crippen molar-refractivity contribution in [1.82, 2.24) is 10.2 Å². The highest BCUT2D eigenvalue weighted by Crippen LogP contribution is 2.12. The van der Waals surface area contributed by atoms with Crippen molar-refractivity contribution in [3.05, 3.63) is 29.8 Å². The minimum atomic E-state index is 0. The Hall–Kier alpha value is -1.26. The Kier molecular flexibility index (Phi) is 5.44. The van der Waals surface area contributed by atoms with Crippen molar-refractivity contribution in [3.63, 3.8) is 0 Å². The molecule has 0 aromatic heterocycles. The lowest BCUT2D eigenvalue weighted by Crippen LogP contribution is -2.34. The molecule has 5 heteroatoms. The van der Waals surface area contributed by atoms with Crippen LogP contribution in [0.3, 0.4) is 0 Å². The van der Waals surface area contributed by atoms with E-state index in [0.29, 0.717) is 12.5 Å². The standard InChI is InChI=1S/C13H19N3O.ClH/c1-15-12-6-7-16(9-12)13(17)8-10-2-4-11(14)5-3-10;/h2-5,12,15H,6-9,14H2,1H3;1H. The van der Waals surface area contributed by atoms with Gasteiger partial charge in [0.2, 0.25) is 5.91 Å². The van der Waals surface area contributed by atoms with Crippen molar-refractivity contribution >= 4 is 24.0 Å². The molecule has 1 fully saturated rings. The minimum absolute atomic E-state index is 0. The molecule has 2 rings (SSSR count). The monoisotopic (exact) mass is 269 g/mol. The van der Waals surface area contributed by atoms with E-state index >= 15 is 0 Å². The number of likely N-dealkylation sites (N-methyl/N-ethyl adjacent to an activating group) is 1. The Morgan fingerprint density at radius 3 is 2.67 bits per heavy atom. The number of benzene rings is 1. The molecular formula is C13H20ClN3O. The number of nitrogen functional groups attached to an aromatic ring is 1. The number of rotatable bonds is 3. The van der Waals surface area contributed by atoms with Gasteiger partial charge in [0.05, 0.1) is 6.42 Å². The van der Waals surface area contributed by atoms with Crippen molar-refractivity contribution < 1.29 is 4.79 Å². The highest BCUT2D eigenvalue weighted by atomic mass is 35.5. The van der Waals surface area contributed by atoms with Gasteiger partial charge < -0.3 is 16.0 Å². The molecule has 3 N–H and O–H groups in total. The number of nitrogens with zero attached hydrogens (tertiary/aromatic N) is 1.